The van der Waals surface area contributed by atoms with Gasteiger partial charge < -0.3 is 4.74 Å². The van der Waals surface area contributed by atoms with Crippen LogP contribution in [0.3, 0.4) is 0 Å². The smallest absolute Gasteiger partial charge is 0.417 e. The molecule has 4 nitrogen and oxygen atoms in total. The van der Waals surface area contributed by atoms with Crippen molar-refractivity contribution >= 4 is 12.0 Å². The first-order valence-electron chi connectivity index (χ1n) is 7.81. The number of imide groups is 1. The van der Waals surface area contributed by atoms with Crippen LogP contribution in [0.4, 0.5) is 4.79 Å². The second kappa shape index (κ2) is 6.65. The molecule has 0 unspecified atom stereocenters. The molecule has 2 aromatic rings. The number of amides is 2. The molecule has 0 radical (unpaired) electrons. The lowest BCUT2D eigenvalue weighted by atomic mass is 9.81. The molecule has 3 rings (SSSR count). The van der Waals surface area contributed by atoms with E-state index in [1.165, 1.54) is 4.90 Å². The molecule has 1 heterocycles. The topological polar surface area (TPSA) is 46.6 Å². The predicted molar refractivity (Wildman–Crippen MR) is 86.4 cm³/mol. The minimum atomic E-state index is -0.572. The second-order valence-corrected chi connectivity index (χ2v) is 5.62. The lowest BCUT2D eigenvalue weighted by molar-refractivity contribution is -0.153. The fourth-order valence-electron chi connectivity index (χ4n) is 2.97. The van der Waals surface area contributed by atoms with Gasteiger partial charge in [0.15, 0.2) is 0 Å². The van der Waals surface area contributed by atoms with Crippen LogP contribution in [-0.4, -0.2) is 16.9 Å². The Bertz CT molecular complexity index is 684. The fourth-order valence-corrected chi connectivity index (χ4v) is 2.97. The summed E-state index contributed by atoms with van der Waals surface area (Å²) < 4.78 is 5.31. The highest BCUT2D eigenvalue weighted by atomic mass is 16.6. The van der Waals surface area contributed by atoms with E-state index in [2.05, 4.69) is 0 Å². The Kier molecular flexibility index (Phi) is 4.42. The van der Waals surface area contributed by atoms with Gasteiger partial charge in [-0.25, -0.2) is 9.69 Å². The minimum Gasteiger partial charge on any atom is -0.444 e. The van der Waals surface area contributed by atoms with Crippen LogP contribution in [0, 0.1) is 5.92 Å². The summed E-state index contributed by atoms with van der Waals surface area (Å²) >= 11 is 0. The van der Waals surface area contributed by atoms with Crippen molar-refractivity contribution in [3.8, 4) is 0 Å². The van der Waals surface area contributed by atoms with E-state index in [4.69, 9.17) is 4.74 Å². The number of rotatable bonds is 4. The highest BCUT2D eigenvalue weighted by molar-refractivity contribution is 5.99. The maximum absolute atomic E-state index is 12.3. The first kappa shape index (κ1) is 15.3. The van der Waals surface area contributed by atoms with Crippen molar-refractivity contribution in [2.24, 2.45) is 5.92 Å². The molecule has 0 bridgehead atoms. The van der Waals surface area contributed by atoms with Gasteiger partial charge in [-0.1, -0.05) is 67.6 Å². The van der Waals surface area contributed by atoms with E-state index in [0.717, 1.165) is 11.1 Å². The second-order valence-electron chi connectivity index (χ2n) is 5.62. The number of ether oxygens (including phenoxy) is 1. The molecule has 1 fully saturated rings. The number of carbonyl (C=O) groups excluding carboxylic acids is 2. The van der Waals surface area contributed by atoms with E-state index in [9.17, 15) is 9.59 Å². The average Bonchev–Trinajstić information content (AvgIpc) is 2.60. The van der Waals surface area contributed by atoms with Crippen LogP contribution < -0.4 is 0 Å². The third-order valence-corrected chi connectivity index (χ3v) is 4.20. The SMILES string of the molecule is CC[C@H]1C(=O)N(C(=O)OCc2ccccc2)[C@H]1c1ccccc1. The molecule has 0 aliphatic carbocycles. The van der Waals surface area contributed by atoms with E-state index < -0.39 is 6.09 Å². The van der Waals surface area contributed by atoms with Crippen LogP contribution in [0.25, 0.3) is 0 Å². The van der Waals surface area contributed by atoms with Crippen molar-refractivity contribution in [2.45, 2.75) is 26.0 Å². The molecular formula is C19H19NO3. The maximum Gasteiger partial charge on any atom is 0.417 e. The number of likely N-dealkylation sites (tertiary alicyclic amines) is 1. The lowest BCUT2D eigenvalue weighted by Gasteiger charge is -2.44. The molecule has 0 spiro atoms. The number of β-lactam (4-membered cyclic amide) rings is 1. The van der Waals surface area contributed by atoms with Crippen LogP contribution in [0.2, 0.25) is 0 Å². The summed E-state index contributed by atoms with van der Waals surface area (Å²) in [5.74, 6) is -0.305. The summed E-state index contributed by atoms with van der Waals surface area (Å²) in [5, 5.41) is 0. The van der Waals surface area contributed by atoms with Gasteiger partial charge in [-0.15, -0.1) is 0 Å². The Balaban J connectivity index is 1.72. The Morgan fingerprint density at radius 3 is 2.26 bits per heavy atom. The lowest BCUT2D eigenvalue weighted by Crippen LogP contribution is -2.57. The first-order chi connectivity index (χ1) is 11.2. The Hall–Kier alpha value is -2.62. The van der Waals surface area contributed by atoms with Crippen molar-refractivity contribution < 1.29 is 14.3 Å². The van der Waals surface area contributed by atoms with E-state index in [-0.39, 0.29) is 24.5 Å². The van der Waals surface area contributed by atoms with Gasteiger partial charge in [0, 0.05) is 0 Å². The summed E-state index contributed by atoms with van der Waals surface area (Å²) in [6.45, 7) is 2.13. The van der Waals surface area contributed by atoms with E-state index >= 15 is 0 Å². The molecule has 2 amide bonds. The average molecular weight is 309 g/mol. The summed E-state index contributed by atoms with van der Waals surface area (Å²) in [6, 6.07) is 18.9. The molecule has 0 N–H and O–H groups in total. The maximum atomic E-state index is 12.3. The van der Waals surface area contributed by atoms with Crippen LogP contribution in [0.5, 0.6) is 0 Å². The van der Waals surface area contributed by atoms with Gasteiger partial charge >= 0.3 is 6.09 Å². The molecule has 2 aromatic carbocycles. The zero-order chi connectivity index (χ0) is 16.2. The van der Waals surface area contributed by atoms with Crippen molar-refractivity contribution in [1.82, 2.24) is 4.90 Å². The molecule has 1 saturated heterocycles. The molecule has 1 aliphatic rings. The predicted octanol–water partition coefficient (Wildman–Crippen LogP) is 3.93. The fraction of sp³-hybridized carbons (Fsp3) is 0.263. The number of nitrogens with zero attached hydrogens (tertiary/aromatic N) is 1. The van der Waals surface area contributed by atoms with Crippen LogP contribution >= 0.6 is 0 Å². The highest BCUT2D eigenvalue weighted by Gasteiger charge is 2.51. The zero-order valence-corrected chi connectivity index (χ0v) is 13.0. The Morgan fingerprint density at radius 2 is 1.65 bits per heavy atom. The van der Waals surface area contributed by atoms with Crippen molar-refractivity contribution in [2.75, 3.05) is 0 Å². The van der Waals surface area contributed by atoms with E-state index in [0.29, 0.717) is 6.42 Å². The summed E-state index contributed by atoms with van der Waals surface area (Å²) in [7, 11) is 0. The molecule has 118 valence electrons. The quantitative estimate of drug-likeness (QED) is 0.804. The van der Waals surface area contributed by atoms with Crippen molar-refractivity contribution in [3.63, 3.8) is 0 Å². The standard InChI is InChI=1S/C19H19NO3/c1-2-16-17(15-11-7-4-8-12-15)20(18(16)21)19(22)23-13-14-9-5-3-6-10-14/h3-12,16-17H,2,13H2,1H3/t16-,17+/m1/s1. The molecular weight excluding hydrogens is 290 g/mol. The largest absolute Gasteiger partial charge is 0.444 e. The normalized spacial score (nSPS) is 20.0. The monoisotopic (exact) mass is 309 g/mol. The first-order valence-corrected chi connectivity index (χ1v) is 7.81. The summed E-state index contributed by atoms with van der Waals surface area (Å²) in [6.07, 6.45) is 0.137. The van der Waals surface area contributed by atoms with Gasteiger partial charge in [0.05, 0.1) is 12.0 Å². The van der Waals surface area contributed by atoms with E-state index in [1.54, 1.807) is 0 Å². The molecule has 4 heteroatoms. The van der Waals surface area contributed by atoms with Crippen molar-refractivity contribution in [1.29, 1.82) is 0 Å². The number of hydrogen-bond donors (Lipinski definition) is 0. The third kappa shape index (κ3) is 2.97. The van der Waals surface area contributed by atoms with Gasteiger partial charge in [0.25, 0.3) is 0 Å². The molecule has 23 heavy (non-hydrogen) atoms. The number of benzene rings is 2. The van der Waals surface area contributed by atoms with Gasteiger partial charge in [-0.3, -0.25) is 4.79 Å². The van der Waals surface area contributed by atoms with Gasteiger partial charge in [0.1, 0.15) is 6.61 Å². The van der Waals surface area contributed by atoms with E-state index in [1.807, 2.05) is 67.6 Å². The summed E-state index contributed by atoms with van der Waals surface area (Å²) in [4.78, 5) is 25.8. The zero-order valence-electron chi connectivity index (χ0n) is 13.0. The third-order valence-electron chi connectivity index (χ3n) is 4.20. The number of carbonyl (C=O) groups is 2. The minimum absolute atomic E-state index is 0.151. The molecule has 2 atom stereocenters. The van der Waals surface area contributed by atoms with Gasteiger partial charge in [-0.2, -0.15) is 0 Å². The van der Waals surface area contributed by atoms with Crippen LogP contribution in [-0.2, 0) is 16.1 Å². The molecule has 1 aliphatic heterocycles. The Labute approximate surface area is 135 Å². The Morgan fingerprint density at radius 1 is 1.04 bits per heavy atom. The van der Waals surface area contributed by atoms with Gasteiger partial charge in [-0.05, 0) is 17.5 Å². The highest BCUT2D eigenvalue weighted by Crippen LogP contribution is 2.42. The van der Waals surface area contributed by atoms with Gasteiger partial charge in [0.2, 0.25) is 5.91 Å². The molecule has 0 saturated carbocycles. The van der Waals surface area contributed by atoms with Crippen LogP contribution in [0.1, 0.15) is 30.5 Å². The van der Waals surface area contributed by atoms with Crippen molar-refractivity contribution in [3.05, 3.63) is 71.8 Å². The summed E-state index contributed by atoms with van der Waals surface area (Å²) in [5.41, 5.74) is 1.87. The number of hydrogen-bond acceptors (Lipinski definition) is 3. The van der Waals surface area contributed by atoms with Crippen LogP contribution in [0.15, 0.2) is 60.7 Å². The molecule has 0 aromatic heterocycles.